The third-order valence-corrected chi connectivity index (χ3v) is 6.75. The van der Waals surface area contributed by atoms with Gasteiger partial charge < -0.3 is 15.5 Å². The van der Waals surface area contributed by atoms with Crippen molar-refractivity contribution in [3.63, 3.8) is 0 Å². The van der Waals surface area contributed by atoms with Crippen LogP contribution in [-0.4, -0.2) is 66.9 Å². The second-order valence-electron chi connectivity index (χ2n) is 8.67. The number of rotatable bonds is 6. The fourth-order valence-electron chi connectivity index (χ4n) is 5.14. The average molecular weight is 385 g/mol. The summed E-state index contributed by atoms with van der Waals surface area (Å²) < 4.78 is 0. The highest BCUT2D eigenvalue weighted by atomic mass is 16.2. The smallest absolute Gasteiger partial charge is 0.319 e. The zero-order valence-corrected chi connectivity index (χ0v) is 16.8. The lowest BCUT2D eigenvalue weighted by Gasteiger charge is -2.50. The predicted octanol–water partition coefficient (Wildman–Crippen LogP) is 2.82. The molecule has 0 spiro atoms. The second kappa shape index (κ2) is 8.62. The molecule has 4 saturated heterocycles. The molecule has 4 unspecified atom stereocenters. The molecule has 4 atom stereocenters. The van der Waals surface area contributed by atoms with Gasteiger partial charge >= 0.3 is 6.03 Å². The number of piperidine rings is 3. The number of benzene rings is 1. The Balaban J connectivity index is 1.23. The summed E-state index contributed by atoms with van der Waals surface area (Å²) in [6.45, 7) is 8.41. The number of urea groups is 1. The summed E-state index contributed by atoms with van der Waals surface area (Å²) in [5.41, 5.74) is 1.36. The van der Waals surface area contributed by atoms with Gasteiger partial charge in [-0.3, -0.25) is 9.69 Å². The maximum atomic E-state index is 12.3. The molecule has 2 N–H and O–H groups in total. The van der Waals surface area contributed by atoms with E-state index in [1.54, 1.807) is 24.3 Å². The lowest BCUT2D eigenvalue weighted by atomic mass is 9.75. The van der Waals surface area contributed by atoms with Crippen LogP contribution in [0.1, 0.15) is 43.0 Å². The van der Waals surface area contributed by atoms with Gasteiger partial charge in [0.05, 0.1) is 0 Å². The Bertz CT molecular complexity index is 699. The van der Waals surface area contributed by atoms with E-state index in [0.717, 1.165) is 11.8 Å². The number of nitrogens with zero attached hydrogens (tertiary/aromatic N) is 2. The number of nitrogens with one attached hydrogen (secondary N) is 2. The third-order valence-electron chi connectivity index (χ3n) is 6.75. The van der Waals surface area contributed by atoms with Crippen molar-refractivity contribution < 1.29 is 9.59 Å². The van der Waals surface area contributed by atoms with Crippen LogP contribution in [0.5, 0.6) is 0 Å². The first-order valence-electron chi connectivity index (χ1n) is 10.7. The molecule has 0 radical (unpaired) electrons. The van der Waals surface area contributed by atoms with Crippen molar-refractivity contribution in [3.05, 3.63) is 29.8 Å². The summed E-state index contributed by atoms with van der Waals surface area (Å²) in [7, 11) is 0. The minimum Gasteiger partial charge on any atom is -0.336 e. The molecule has 1 aromatic carbocycles. The molecule has 152 valence electrons. The van der Waals surface area contributed by atoms with Crippen LogP contribution in [0.2, 0.25) is 0 Å². The van der Waals surface area contributed by atoms with Crippen LogP contribution in [0, 0.1) is 11.8 Å². The van der Waals surface area contributed by atoms with Gasteiger partial charge in [0.1, 0.15) is 0 Å². The van der Waals surface area contributed by atoms with Crippen molar-refractivity contribution in [1.29, 1.82) is 0 Å². The molecule has 4 heterocycles. The highest BCUT2D eigenvalue weighted by molar-refractivity contribution is 5.95. The van der Waals surface area contributed by atoms with E-state index < -0.39 is 0 Å². The highest BCUT2D eigenvalue weighted by Gasteiger charge is 2.40. The number of hydrogen-bond acceptors (Lipinski definition) is 4. The molecule has 6 nitrogen and oxygen atoms in total. The van der Waals surface area contributed by atoms with Gasteiger partial charge in [-0.25, -0.2) is 4.79 Å². The molecule has 28 heavy (non-hydrogen) atoms. The zero-order chi connectivity index (χ0) is 19.5. The van der Waals surface area contributed by atoms with Crippen molar-refractivity contribution in [2.75, 3.05) is 44.6 Å². The highest BCUT2D eigenvalue weighted by Crippen LogP contribution is 2.36. The van der Waals surface area contributed by atoms with E-state index in [1.165, 1.54) is 65.3 Å². The van der Waals surface area contributed by atoms with E-state index in [4.69, 9.17) is 0 Å². The molecule has 5 rings (SSSR count). The molecule has 0 aromatic heterocycles. The summed E-state index contributed by atoms with van der Waals surface area (Å²) in [5, 5.41) is 5.90. The molecule has 0 aliphatic carbocycles. The van der Waals surface area contributed by atoms with Gasteiger partial charge in [-0.15, -0.1) is 0 Å². The lowest BCUT2D eigenvalue weighted by Crippen LogP contribution is -2.58. The fraction of sp³-hybridized carbons (Fsp3) is 0.636. The summed E-state index contributed by atoms with van der Waals surface area (Å²) in [5.74, 6) is 1.64. The van der Waals surface area contributed by atoms with Gasteiger partial charge in [0.2, 0.25) is 0 Å². The minimum atomic E-state index is -0.174. The van der Waals surface area contributed by atoms with Crippen LogP contribution in [0.4, 0.5) is 10.5 Å². The van der Waals surface area contributed by atoms with Crippen LogP contribution in [-0.2, 0) is 0 Å². The third kappa shape index (κ3) is 4.55. The SMILES string of the molecule is CC(=O)c1ccc(NC(=O)NCC2CC3CCN2CC3CN2CCCC2)cc1. The fourth-order valence-corrected chi connectivity index (χ4v) is 5.14. The first kappa shape index (κ1) is 19.4. The van der Waals surface area contributed by atoms with Gasteiger partial charge in [-0.1, -0.05) is 0 Å². The minimum absolute atomic E-state index is 0.0282. The van der Waals surface area contributed by atoms with Gasteiger partial charge in [0.25, 0.3) is 0 Å². The first-order valence-corrected chi connectivity index (χ1v) is 10.7. The van der Waals surface area contributed by atoms with Gasteiger partial charge in [-0.05, 0) is 88.3 Å². The van der Waals surface area contributed by atoms with Crippen LogP contribution in [0.15, 0.2) is 24.3 Å². The van der Waals surface area contributed by atoms with Crippen LogP contribution in [0.25, 0.3) is 0 Å². The lowest BCUT2D eigenvalue weighted by molar-refractivity contribution is -0.00837. The van der Waals surface area contributed by atoms with Gasteiger partial charge in [-0.2, -0.15) is 0 Å². The van der Waals surface area contributed by atoms with E-state index in [1.807, 2.05) is 0 Å². The van der Waals surface area contributed by atoms with E-state index in [-0.39, 0.29) is 11.8 Å². The van der Waals surface area contributed by atoms with E-state index in [9.17, 15) is 9.59 Å². The molecule has 2 amide bonds. The number of likely N-dealkylation sites (tertiary alicyclic amines) is 1. The molecule has 2 bridgehead atoms. The van der Waals surface area contributed by atoms with Gasteiger partial charge in [0, 0.05) is 36.9 Å². The largest absolute Gasteiger partial charge is 0.336 e. The quantitative estimate of drug-likeness (QED) is 0.741. The molecule has 6 heteroatoms. The van der Waals surface area contributed by atoms with Crippen molar-refractivity contribution in [1.82, 2.24) is 15.1 Å². The monoisotopic (exact) mass is 384 g/mol. The Morgan fingerprint density at radius 1 is 1.11 bits per heavy atom. The molecular formula is C22H32N4O2. The van der Waals surface area contributed by atoms with E-state index in [0.29, 0.717) is 23.8 Å². The molecular weight excluding hydrogens is 352 g/mol. The van der Waals surface area contributed by atoms with E-state index >= 15 is 0 Å². The molecule has 4 fully saturated rings. The summed E-state index contributed by atoms with van der Waals surface area (Å²) in [6.07, 6.45) is 5.23. The zero-order valence-electron chi connectivity index (χ0n) is 16.8. The number of hydrogen-bond donors (Lipinski definition) is 2. The topological polar surface area (TPSA) is 64.7 Å². The van der Waals surface area contributed by atoms with E-state index in [2.05, 4.69) is 20.4 Å². The number of anilines is 1. The maximum absolute atomic E-state index is 12.3. The van der Waals surface area contributed by atoms with Crippen molar-refractivity contribution in [2.24, 2.45) is 11.8 Å². The number of amides is 2. The van der Waals surface area contributed by atoms with Crippen LogP contribution >= 0.6 is 0 Å². The number of carbonyl (C=O) groups is 2. The Hall–Kier alpha value is -1.92. The maximum Gasteiger partial charge on any atom is 0.319 e. The van der Waals surface area contributed by atoms with Crippen LogP contribution in [0.3, 0.4) is 0 Å². The normalized spacial score (nSPS) is 29.6. The number of Topliss-reactive ketones (excluding diaryl/α,β-unsaturated/α-hetero) is 1. The molecule has 4 aliphatic heterocycles. The summed E-state index contributed by atoms with van der Waals surface area (Å²) in [6, 6.07) is 7.30. The standard InChI is InChI=1S/C22H32N4O2/c1-16(27)17-4-6-20(7-5-17)24-22(28)23-13-21-12-18-8-11-26(21)15-19(18)14-25-9-2-3-10-25/h4-7,18-19,21H,2-3,8-15H2,1H3,(H2,23,24,28). The van der Waals surface area contributed by atoms with Crippen molar-refractivity contribution >= 4 is 17.5 Å². The predicted molar refractivity (Wildman–Crippen MR) is 111 cm³/mol. The van der Waals surface area contributed by atoms with Gasteiger partial charge in [0.15, 0.2) is 5.78 Å². The first-order chi connectivity index (χ1) is 13.6. The second-order valence-corrected chi connectivity index (χ2v) is 8.67. The average Bonchev–Trinajstić information content (AvgIpc) is 3.20. The number of ketones is 1. The number of carbonyl (C=O) groups excluding carboxylic acids is 2. The van der Waals surface area contributed by atoms with Crippen molar-refractivity contribution in [2.45, 2.75) is 38.6 Å². The Morgan fingerprint density at radius 2 is 1.86 bits per heavy atom. The summed E-state index contributed by atoms with van der Waals surface area (Å²) in [4.78, 5) is 28.8. The molecule has 0 saturated carbocycles. The Morgan fingerprint density at radius 3 is 2.50 bits per heavy atom. The Kier molecular flexibility index (Phi) is 5.97. The summed E-state index contributed by atoms with van der Waals surface area (Å²) >= 11 is 0. The number of fused-ring (bicyclic) bond motifs is 3. The molecule has 4 aliphatic rings. The van der Waals surface area contributed by atoms with Crippen molar-refractivity contribution in [3.8, 4) is 0 Å². The van der Waals surface area contributed by atoms with Crippen LogP contribution < -0.4 is 10.6 Å². The Labute approximate surface area is 167 Å². The molecule has 1 aromatic rings.